The predicted molar refractivity (Wildman–Crippen MR) is 274 cm³/mol. The molecule has 5 atom stereocenters. The van der Waals surface area contributed by atoms with Gasteiger partial charge in [0.25, 0.3) is 0 Å². The van der Waals surface area contributed by atoms with Crippen LogP contribution >= 0.6 is 0 Å². The van der Waals surface area contributed by atoms with Gasteiger partial charge in [-0.05, 0) is 126 Å². The third-order valence-corrected chi connectivity index (χ3v) is 15.0. The molecule has 0 bridgehead atoms. The van der Waals surface area contributed by atoms with Crippen LogP contribution in [0.3, 0.4) is 0 Å². The van der Waals surface area contributed by atoms with Gasteiger partial charge >= 0.3 is 11.8 Å². The van der Waals surface area contributed by atoms with Crippen LogP contribution < -0.4 is 32.7 Å². The van der Waals surface area contributed by atoms with Gasteiger partial charge in [0, 0.05) is 38.9 Å². The average molecular weight is 1020 g/mol. The second-order valence-corrected chi connectivity index (χ2v) is 21.4. The molecule has 8 amide bonds. The standard InChI is InChI=1S/C55H69N9O10/c1-55(2,3)74-53(72)58-40-32-62(47(67)31-34-17-15-33(16-18-34)29-35-19-22-41-44(30-35)61(4)54(73)64(41)43-24-26-46(66)59-51(43)70)28-27-38-20-23-42(63(38)52(40)71)50(69)57-39(21-25-45(56)65)49(68)60-48(36-11-7-5-8-12-36)37-13-9-6-10-14-37/h5-14,19,22,30,33-34,38-40,42-43,48H,15-18,20-21,23-29,31-32H2,1-4H3,(H2,56,65)(H,57,69)(H,58,72)(H,60,68)(H,59,66,70)/t33-,34+,38-,39+,40+,42+,43?/m1/s1. The molecule has 1 aliphatic carbocycles. The van der Waals surface area contributed by atoms with Crippen molar-refractivity contribution < 1.29 is 43.1 Å². The normalized spacial score (nSPS) is 22.8. The number of alkyl carbamates (subject to hydrolysis) is 1. The summed E-state index contributed by atoms with van der Waals surface area (Å²) in [4.78, 5) is 124. The van der Waals surface area contributed by atoms with E-state index < -0.39 is 77.5 Å². The van der Waals surface area contributed by atoms with Crippen LogP contribution in [0, 0.1) is 11.8 Å². The van der Waals surface area contributed by atoms with E-state index in [4.69, 9.17) is 10.5 Å². The highest BCUT2D eigenvalue weighted by Crippen LogP contribution is 2.35. The Bertz CT molecular complexity index is 2780. The van der Waals surface area contributed by atoms with E-state index in [1.54, 1.807) is 37.3 Å². The maximum Gasteiger partial charge on any atom is 0.408 e. The summed E-state index contributed by atoms with van der Waals surface area (Å²) >= 11 is 0. The maximum atomic E-state index is 14.8. The van der Waals surface area contributed by atoms with Gasteiger partial charge in [-0.15, -0.1) is 0 Å². The molecule has 8 rings (SSSR count). The fraction of sp³-hybridized carbons (Fsp3) is 0.509. The van der Waals surface area contributed by atoms with E-state index in [-0.39, 0.29) is 75.0 Å². The third-order valence-electron chi connectivity index (χ3n) is 15.0. The Hall–Kier alpha value is -7.31. The molecule has 1 saturated carbocycles. The first-order valence-corrected chi connectivity index (χ1v) is 26.0. The van der Waals surface area contributed by atoms with Crippen LogP contribution in [0.5, 0.6) is 0 Å². The summed E-state index contributed by atoms with van der Waals surface area (Å²) in [6.45, 7) is 5.25. The Morgan fingerprint density at radius 1 is 0.797 bits per heavy atom. The number of primary amides is 1. The van der Waals surface area contributed by atoms with Crippen molar-refractivity contribution in [2.75, 3.05) is 13.1 Å². The minimum atomic E-state index is -1.25. The number of imidazole rings is 1. The molecule has 4 heterocycles. The number of nitrogens with two attached hydrogens (primary N) is 1. The second-order valence-electron chi connectivity index (χ2n) is 21.4. The second kappa shape index (κ2) is 22.8. The number of amides is 8. The molecule has 394 valence electrons. The van der Waals surface area contributed by atoms with Gasteiger partial charge in [0.05, 0.1) is 23.6 Å². The van der Waals surface area contributed by atoms with Gasteiger partial charge in [-0.25, -0.2) is 9.59 Å². The fourth-order valence-corrected chi connectivity index (χ4v) is 11.2. The van der Waals surface area contributed by atoms with Gasteiger partial charge in [0.15, 0.2) is 0 Å². The van der Waals surface area contributed by atoms with Gasteiger partial charge in [0.2, 0.25) is 41.4 Å². The highest BCUT2D eigenvalue weighted by molar-refractivity contribution is 6.00. The number of benzene rings is 3. The molecule has 1 aromatic heterocycles. The quantitative estimate of drug-likeness (QED) is 0.106. The lowest BCUT2D eigenvalue weighted by atomic mass is 9.78. The van der Waals surface area contributed by atoms with Crippen molar-refractivity contribution in [1.82, 2.24) is 40.2 Å². The van der Waals surface area contributed by atoms with E-state index in [1.807, 2.05) is 78.9 Å². The molecular weight excluding hydrogens is 947 g/mol. The van der Waals surface area contributed by atoms with Crippen molar-refractivity contribution in [3.05, 3.63) is 106 Å². The van der Waals surface area contributed by atoms with Crippen molar-refractivity contribution in [2.45, 2.75) is 146 Å². The molecule has 3 saturated heterocycles. The zero-order chi connectivity index (χ0) is 52.8. The first-order chi connectivity index (χ1) is 35.3. The summed E-state index contributed by atoms with van der Waals surface area (Å²) in [5.41, 5.74) is 8.36. The molecule has 74 heavy (non-hydrogen) atoms. The molecule has 4 aliphatic rings. The number of imide groups is 1. The zero-order valence-electron chi connectivity index (χ0n) is 42.7. The highest BCUT2D eigenvalue weighted by atomic mass is 16.6. The van der Waals surface area contributed by atoms with Gasteiger partial charge in [0.1, 0.15) is 29.8 Å². The number of nitrogens with zero attached hydrogens (tertiary/aromatic N) is 4. The van der Waals surface area contributed by atoms with E-state index in [1.165, 1.54) is 9.47 Å². The number of rotatable bonds is 15. The minimum absolute atomic E-state index is 0.0842. The van der Waals surface area contributed by atoms with Crippen LogP contribution in [-0.4, -0.2) is 109 Å². The Morgan fingerprint density at radius 2 is 1.46 bits per heavy atom. The number of aromatic nitrogens is 2. The average Bonchev–Trinajstić information content (AvgIpc) is 3.89. The van der Waals surface area contributed by atoms with Crippen LogP contribution in [0.4, 0.5) is 4.79 Å². The first-order valence-electron chi connectivity index (χ1n) is 26.0. The molecule has 4 aromatic rings. The number of aryl methyl sites for hydroxylation is 1. The summed E-state index contributed by atoms with van der Waals surface area (Å²) in [6.07, 6.45) is 4.87. The van der Waals surface area contributed by atoms with Crippen LogP contribution in [0.15, 0.2) is 83.7 Å². The largest absolute Gasteiger partial charge is 0.444 e. The number of piperidine rings is 1. The van der Waals surface area contributed by atoms with E-state index in [0.717, 1.165) is 48.8 Å². The van der Waals surface area contributed by atoms with Crippen LogP contribution in [-0.2, 0) is 51.8 Å². The number of carbonyl (C=O) groups excluding carboxylic acids is 8. The van der Waals surface area contributed by atoms with E-state index in [0.29, 0.717) is 29.8 Å². The molecule has 0 radical (unpaired) electrons. The predicted octanol–water partition coefficient (Wildman–Crippen LogP) is 4.20. The monoisotopic (exact) mass is 1020 g/mol. The minimum Gasteiger partial charge on any atom is -0.444 e. The van der Waals surface area contributed by atoms with Gasteiger partial charge < -0.3 is 36.2 Å². The molecule has 0 spiro atoms. The topological polar surface area (TPSA) is 253 Å². The van der Waals surface area contributed by atoms with Crippen molar-refractivity contribution >= 4 is 58.5 Å². The Morgan fingerprint density at radius 3 is 2.09 bits per heavy atom. The molecule has 6 N–H and O–H groups in total. The molecule has 19 heteroatoms. The highest BCUT2D eigenvalue weighted by Gasteiger charge is 2.46. The molecule has 4 fully saturated rings. The number of carbonyl (C=O) groups is 8. The number of nitrogens with one attached hydrogen (secondary N) is 4. The van der Waals surface area contributed by atoms with Gasteiger partial charge in [-0.3, -0.25) is 48.0 Å². The van der Waals surface area contributed by atoms with Crippen LogP contribution in [0.25, 0.3) is 11.0 Å². The number of fused-ring (bicyclic) bond motifs is 2. The first kappa shape index (κ1) is 53.0. The van der Waals surface area contributed by atoms with Gasteiger partial charge in [-0.2, -0.15) is 0 Å². The lowest BCUT2D eigenvalue weighted by molar-refractivity contribution is -0.146. The Balaban J connectivity index is 0.918. The lowest BCUT2D eigenvalue weighted by Crippen LogP contribution is -2.62. The number of hydrogen-bond acceptors (Lipinski definition) is 10. The maximum absolute atomic E-state index is 14.8. The number of hydrogen-bond donors (Lipinski definition) is 5. The Kier molecular flexibility index (Phi) is 16.4. The third kappa shape index (κ3) is 12.5. The summed E-state index contributed by atoms with van der Waals surface area (Å²) in [5, 5.41) is 11.0. The summed E-state index contributed by atoms with van der Waals surface area (Å²) in [6, 6.07) is 19.4. The van der Waals surface area contributed by atoms with E-state index >= 15 is 0 Å². The summed E-state index contributed by atoms with van der Waals surface area (Å²) in [5.74, 6) is -2.81. The summed E-state index contributed by atoms with van der Waals surface area (Å²) in [7, 11) is 1.68. The summed E-state index contributed by atoms with van der Waals surface area (Å²) < 4.78 is 8.59. The molecule has 19 nitrogen and oxygen atoms in total. The zero-order valence-corrected chi connectivity index (χ0v) is 42.7. The van der Waals surface area contributed by atoms with Crippen molar-refractivity contribution in [3.63, 3.8) is 0 Å². The van der Waals surface area contributed by atoms with Crippen molar-refractivity contribution in [1.29, 1.82) is 0 Å². The SMILES string of the molecule is Cn1c(=O)n(C2CCC(=O)NC2=O)c2ccc(C[C@H]3CC[C@@H](CC(=O)N4CC[C@H]5CC[C@@H](C(=O)N[C@@H](CCC(N)=O)C(=O)NC(c6ccccc6)c6ccccc6)N5C(=O)[C@@H](NC(=O)OC(C)(C)C)C4)CC3)cc21. The van der Waals surface area contributed by atoms with Crippen LogP contribution in [0.1, 0.15) is 127 Å². The van der Waals surface area contributed by atoms with Gasteiger partial charge in [-0.1, -0.05) is 66.7 Å². The molecule has 3 aromatic carbocycles. The number of ether oxygens (including phenoxy) is 1. The van der Waals surface area contributed by atoms with Crippen LogP contribution in [0.2, 0.25) is 0 Å². The molecule has 3 aliphatic heterocycles. The van der Waals surface area contributed by atoms with E-state index in [2.05, 4.69) is 21.3 Å². The van der Waals surface area contributed by atoms with Crippen molar-refractivity contribution in [3.8, 4) is 0 Å². The fourth-order valence-electron chi connectivity index (χ4n) is 11.2. The Labute approximate surface area is 430 Å². The lowest BCUT2D eigenvalue weighted by Gasteiger charge is -2.39. The van der Waals surface area contributed by atoms with Crippen molar-refractivity contribution in [2.24, 2.45) is 24.6 Å². The van der Waals surface area contributed by atoms with E-state index in [9.17, 15) is 43.2 Å². The smallest absolute Gasteiger partial charge is 0.408 e. The molecule has 1 unspecified atom stereocenters. The molecular formula is C55H69N9O10.